The zero-order valence-electron chi connectivity index (χ0n) is 16.9. The number of anilines is 1. The van der Waals surface area contributed by atoms with Crippen LogP contribution >= 0.6 is 0 Å². The first-order valence-electron chi connectivity index (χ1n) is 9.63. The van der Waals surface area contributed by atoms with Crippen molar-refractivity contribution in [2.45, 2.75) is 0 Å². The van der Waals surface area contributed by atoms with Crippen molar-refractivity contribution >= 4 is 46.4 Å². The molecule has 1 aliphatic heterocycles. The molecular weight excluding hydrogens is 412 g/mol. The number of barbiturate groups is 1. The molecule has 0 bridgehead atoms. The Morgan fingerprint density at radius 2 is 1.75 bits per heavy atom. The molecule has 4 rings (SSSR count). The summed E-state index contributed by atoms with van der Waals surface area (Å²) in [6, 6.07) is 18.0. The molecule has 3 aromatic carbocycles. The summed E-state index contributed by atoms with van der Waals surface area (Å²) in [5.41, 5.74) is 3.00. The first-order valence-corrected chi connectivity index (χ1v) is 9.63. The van der Waals surface area contributed by atoms with Crippen LogP contribution in [0.5, 0.6) is 5.75 Å². The standard InChI is InChI=1S/C23H18N4O5/c1-32-16-11-9-15(10-12-16)27-22(30)19(20(28)25-23(27)31)13-24-26-21(29)18-8-4-6-14-5-2-3-7-17(14)18/h2-13,19H,1H3,(H,26,29)(H,25,28,31)/b24-13-/t19-/m1/s1. The Balaban J connectivity index is 1.52. The summed E-state index contributed by atoms with van der Waals surface area (Å²) in [5.74, 6) is -2.95. The number of rotatable bonds is 5. The molecular formula is C23H18N4O5. The molecule has 0 saturated carbocycles. The monoisotopic (exact) mass is 430 g/mol. The molecule has 0 radical (unpaired) electrons. The molecule has 0 unspecified atom stereocenters. The Bertz CT molecular complexity index is 1250. The average molecular weight is 430 g/mol. The number of hydrogen-bond donors (Lipinski definition) is 2. The SMILES string of the molecule is COc1ccc(N2C(=O)NC(=O)[C@@H](/C=N\NC(=O)c3cccc4ccccc34)C2=O)cc1. The minimum Gasteiger partial charge on any atom is -0.497 e. The lowest BCUT2D eigenvalue weighted by atomic mass is 10.0. The number of amides is 5. The second-order valence-electron chi connectivity index (χ2n) is 6.89. The summed E-state index contributed by atoms with van der Waals surface area (Å²) < 4.78 is 5.07. The van der Waals surface area contributed by atoms with Gasteiger partial charge in [-0.3, -0.25) is 19.7 Å². The molecule has 1 atom stereocenters. The lowest BCUT2D eigenvalue weighted by molar-refractivity contribution is -0.131. The molecule has 5 amide bonds. The Morgan fingerprint density at radius 1 is 1.03 bits per heavy atom. The average Bonchev–Trinajstić information content (AvgIpc) is 2.81. The highest BCUT2D eigenvalue weighted by atomic mass is 16.5. The first-order chi connectivity index (χ1) is 15.5. The zero-order chi connectivity index (χ0) is 22.7. The van der Waals surface area contributed by atoms with Crippen molar-refractivity contribution in [1.29, 1.82) is 0 Å². The van der Waals surface area contributed by atoms with E-state index in [0.717, 1.165) is 21.9 Å². The minimum absolute atomic E-state index is 0.263. The van der Waals surface area contributed by atoms with Crippen LogP contribution in [0.4, 0.5) is 10.5 Å². The highest BCUT2D eigenvalue weighted by Gasteiger charge is 2.40. The van der Waals surface area contributed by atoms with E-state index < -0.39 is 29.7 Å². The highest BCUT2D eigenvalue weighted by Crippen LogP contribution is 2.23. The fourth-order valence-electron chi connectivity index (χ4n) is 3.35. The second-order valence-corrected chi connectivity index (χ2v) is 6.89. The number of hydrazone groups is 1. The molecule has 1 heterocycles. The number of imide groups is 2. The number of carbonyl (C=O) groups excluding carboxylic acids is 4. The smallest absolute Gasteiger partial charge is 0.335 e. The van der Waals surface area contributed by atoms with Crippen LogP contribution in [-0.4, -0.2) is 37.1 Å². The summed E-state index contributed by atoms with van der Waals surface area (Å²) in [5, 5.41) is 7.55. The van der Waals surface area contributed by atoms with Gasteiger partial charge in [0.1, 0.15) is 5.75 Å². The summed E-state index contributed by atoms with van der Waals surface area (Å²) >= 11 is 0. The summed E-state index contributed by atoms with van der Waals surface area (Å²) in [4.78, 5) is 50.7. The number of benzene rings is 3. The van der Waals surface area contributed by atoms with Gasteiger partial charge in [0, 0.05) is 11.8 Å². The van der Waals surface area contributed by atoms with Gasteiger partial charge in [0.2, 0.25) is 5.91 Å². The lowest BCUT2D eigenvalue weighted by Crippen LogP contribution is -2.58. The Hall–Kier alpha value is -4.53. The highest BCUT2D eigenvalue weighted by molar-refractivity contribution is 6.32. The van der Waals surface area contributed by atoms with E-state index in [0.29, 0.717) is 11.3 Å². The number of hydrogen-bond acceptors (Lipinski definition) is 6. The maximum atomic E-state index is 12.8. The molecule has 1 aliphatic rings. The van der Waals surface area contributed by atoms with Crippen molar-refractivity contribution in [3.63, 3.8) is 0 Å². The van der Waals surface area contributed by atoms with Crippen LogP contribution in [0.1, 0.15) is 10.4 Å². The van der Waals surface area contributed by atoms with Crippen molar-refractivity contribution in [3.05, 3.63) is 72.3 Å². The summed E-state index contributed by atoms with van der Waals surface area (Å²) in [6.45, 7) is 0. The van der Waals surface area contributed by atoms with Crippen molar-refractivity contribution in [3.8, 4) is 5.75 Å². The van der Waals surface area contributed by atoms with E-state index >= 15 is 0 Å². The molecule has 0 aliphatic carbocycles. The zero-order valence-corrected chi connectivity index (χ0v) is 16.9. The summed E-state index contributed by atoms with van der Waals surface area (Å²) in [6.07, 6.45) is 1.00. The Labute approximate surface area is 182 Å². The number of carbonyl (C=O) groups is 4. The van der Waals surface area contributed by atoms with Gasteiger partial charge in [-0.25, -0.2) is 15.1 Å². The third-order valence-corrected chi connectivity index (χ3v) is 4.96. The topological polar surface area (TPSA) is 117 Å². The Kier molecular flexibility index (Phi) is 5.63. The molecule has 9 heteroatoms. The maximum Gasteiger partial charge on any atom is 0.335 e. The van der Waals surface area contributed by atoms with Gasteiger partial charge >= 0.3 is 6.03 Å². The van der Waals surface area contributed by atoms with Crippen LogP contribution < -0.4 is 20.4 Å². The maximum absolute atomic E-state index is 12.8. The van der Waals surface area contributed by atoms with Crippen LogP contribution in [0, 0.1) is 5.92 Å². The number of methoxy groups -OCH3 is 1. The van der Waals surface area contributed by atoms with Crippen molar-refractivity contribution in [2.24, 2.45) is 11.0 Å². The van der Waals surface area contributed by atoms with Crippen molar-refractivity contribution in [1.82, 2.24) is 10.7 Å². The molecule has 160 valence electrons. The van der Waals surface area contributed by atoms with Gasteiger partial charge in [0.15, 0.2) is 5.92 Å². The predicted molar refractivity (Wildman–Crippen MR) is 117 cm³/mol. The fourth-order valence-corrected chi connectivity index (χ4v) is 3.35. The minimum atomic E-state index is -1.39. The van der Waals surface area contributed by atoms with E-state index in [9.17, 15) is 19.2 Å². The molecule has 0 spiro atoms. The largest absolute Gasteiger partial charge is 0.497 e. The molecule has 0 aromatic heterocycles. The van der Waals surface area contributed by atoms with E-state index in [4.69, 9.17) is 4.74 Å². The number of nitrogens with zero attached hydrogens (tertiary/aromatic N) is 2. The van der Waals surface area contributed by atoms with Gasteiger partial charge in [-0.2, -0.15) is 5.10 Å². The fraction of sp³-hybridized carbons (Fsp3) is 0.0870. The number of urea groups is 1. The van der Waals surface area contributed by atoms with Gasteiger partial charge in [-0.1, -0.05) is 36.4 Å². The molecule has 9 nitrogen and oxygen atoms in total. The number of ether oxygens (including phenoxy) is 1. The number of nitrogens with one attached hydrogen (secondary N) is 2. The molecule has 1 saturated heterocycles. The van der Waals surface area contributed by atoms with Crippen LogP contribution in [0.25, 0.3) is 10.8 Å². The molecule has 32 heavy (non-hydrogen) atoms. The van der Waals surface area contributed by atoms with Gasteiger partial charge in [0.25, 0.3) is 11.8 Å². The van der Waals surface area contributed by atoms with Crippen molar-refractivity contribution < 1.29 is 23.9 Å². The van der Waals surface area contributed by atoms with E-state index in [2.05, 4.69) is 15.8 Å². The summed E-state index contributed by atoms with van der Waals surface area (Å²) in [7, 11) is 1.49. The van der Waals surface area contributed by atoms with Gasteiger partial charge < -0.3 is 4.74 Å². The van der Waals surface area contributed by atoms with Crippen LogP contribution in [0.3, 0.4) is 0 Å². The van der Waals surface area contributed by atoms with Crippen molar-refractivity contribution in [2.75, 3.05) is 12.0 Å². The van der Waals surface area contributed by atoms with E-state index in [1.165, 1.54) is 19.2 Å². The Morgan fingerprint density at radius 3 is 2.50 bits per heavy atom. The lowest BCUT2D eigenvalue weighted by Gasteiger charge is -2.28. The van der Waals surface area contributed by atoms with Crippen LogP contribution in [0.2, 0.25) is 0 Å². The van der Waals surface area contributed by atoms with E-state index in [-0.39, 0.29) is 5.69 Å². The number of fused-ring (bicyclic) bond motifs is 1. The molecule has 2 N–H and O–H groups in total. The molecule has 3 aromatic rings. The first kappa shape index (κ1) is 20.7. The van der Waals surface area contributed by atoms with Crippen LogP contribution in [-0.2, 0) is 9.59 Å². The quantitative estimate of drug-likeness (QED) is 0.366. The molecule has 1 fully saturated rings. The van der Waals surface area contributed by atoms with Gasteiger partial charge in [-0.15, -0.1) is 0 Å². The van der Waals surface area contributed by atoms with Crippen LogP contribution in [0.15, 0.2) is 71.8 Å². The normalized spacial score (nSPS) is 16.3. The van der Waals surface area contributed by atoms with E-state index in [1.54, 1.807) is 24.3 Å². The van der Waals surface area contributed by atoms with E-state index in [1.807, 2.05) is 30.3 Å². The third-order valence-electron chi connectivity index (χ3n) is 4.96. The third kappa shape index (κ3) is 3.91. The van der Waals surface area contributed by atoms with Gasteiger partial charge in [-0.05, 0) is 41.1 Å². The predicted octanol–water partition coefficient (Wildman–Crippen LogP) is 2.46. The second kappa shape index (κ2) is 8.68. The van der Waals surface area contributed by atoms with Gasteiger partial charge in [0.05, 0.1) is 12.8 Å².